The van der Waals surface area contributed by atoms with Gasteiger partial charge in [0.1, 0.15) is 0 Å². The highest BCUT2D eigenvalue weighted by Crippen LogP contribution is 2.46. The zero-order valence-corrected chi connectivity index (χ0v) is 10.1. The predicted octanol–water partition coefficient (Wildman–Crippen LogP) is 3.50. The van der Waals surface area contributed by atoms with E-state index in [1.165, 1.54) is 6.42 Å². The Hall–Kier alpha value is -0.900. The van der Waals surface area contributed by atoms with Gasteiger partial charge >= 0.3 is 0 Å². The van der Waals surface area contributed by atoms with E-state index in [0.717, 1.165) is 31.2 Å². The van der Waals surface area contributed by atoms with E-state index >= 15 is 0 Å². The van der Waals surface area contributed by atoms with E-state index in [1.807, 2.05) is 37.3 Å². The van der Waals surface area contributed by atoms with Crippen molar-refractivity contribution >= 4 is 0 Å². The van der Waals surface area contributed by atoms with E-state index in [1.54, 1.807) is 0 Å². The van der Waals surface area contributed by atoms with Gasteiger partial charge in [0, 0.05) is 18.4 Å². The number of hydrogen-bond donors (Lipinski definition) is 0. The van der Waals surface area contributed by atoms with Gasteiger partial charge < -0.3 is 4.74 Å². The molecule has 2 aliphatic rings. The van der Waals surface area contributed by atoms with Crippen LogP contribution in [0.5, 0.6) is 0 Å². The molecule has 1 unspecified atom stereocenters. The quantitative estimate of drug-likeness (QED) is 0.696. The molecular formula is C14H18O3. The lowest BCUT2D eigenvalue weighted by atomic mass is 9.94. The summed E-state index contributed by atoms with van der Waals surface area (Å²) in [5, 5.41) is 0. The van der Waals surface area contributed by atoms with Crippen LogP contribution in [0.25, 0.3) is 0 Å². The molecule has 0 aromatic heterocycles. The van der Waals surface area contributed by atoms with Crippen molar-refractivity contribution in [2.45, 2.75) is 50.6 Å². The Balaban J connectivity index is 1.82. The van der Waals surface area contributed by atoms with Crippen molar-refractivity contribution in [2.75, 3.05) is 0 Å². The topological polar surface area (TPSA) is 27.7 Å². The third kappa shape index (κ3) is 1.99. The summed E-state index contributed by atoms with van der Waals surface area (Å²) in [4.78, 5) is 11.0. The van der Waals surface area contributed by atoms with Gasteiger partial charge in [0.2, 0.25) is 11.6 Å². The van der Waals surface area contributed by atoms with Crippen LogP contribution < -0.4 is 0 Å². The van der Waals surface area contributed by atoms with E-state index in [9.17, 15) is 0 Å². The second kappa shape index (κ2) is 4.09. The van der Waals surface area contributed by atoms with E-state index < -0.39 is 11.6 Å². The maximum absolute atomic E-state index is 6.12. The molecule has 0 radical (unpaired) electrons. The zero-order chi connectivity index (χ0) is 11.8. The van der Waals surface area contributed by atoms with E-state index in [4.69, 9.17) is 14.5 Å². The van der Waals surface area contributed by atoms with Crippen molar-refractivity contribution in [3.8, 4) is 0 Å². The fraction of sp³-hybridized carbons (Fsp3) is 0.571. The van der Waals surface area contributed by atoms with Crippen molar-refractivity contribution in [3.05, 3.63) is 35.9 Å². The van der Waals surface area contributed by atoms with Crippen molar-refractivity contribution in [2.24, 2.45) is 0 Å². The van der Waals surface area contributed by atoms with Gasteiger partial charge in [0.05, 0.1) is 0 Å². The van der Waals surface area contributed by atoms with Crippen LogP contribution in [0.1, 0.15) is 44.6 Å². The second-order valence-corrected chi connectivity index (χ2v) is 5.05. The molecule has 1 heterocycles. The van der Waals surface area contributed by atoms with Gasteiger partial charge in [-0.1, -0.05) is 36.8 Å². The summed E-state index contributed by atoms with van der Waals surface area (Å²) in [6.07, 6.45) is 5.41. The summed E-state index contributed by atoms with van der Waals surface area (Å²) >= 11 is 0. The lowest BCUT2D eigenvalue weighted by Crippen LogP contribution is -2.35. The lowest BCUT2D eigenvalue weighted by Gasteiger charge is -2.30. The van der Waals surface area contributed by atoms with Gasteiger partial charge in [0.15, 0.2) is 0 Å². The highest BCUT2D eigenvalue weighted by molar-refractivity contribution is 5.20. The molecule has 1 saturated heterocycles. The molecule has 1 saturated carbocycles. The van der Waals surface area contributed by atoms with Crippen molar-refractivity contribution in [3.63, 3.8) is 0 Å². The minimum atomic E-state index is -0.765. The highest BCUT2D eigenvalue weighted by Gasteiger charge is 2.51. The van der Waals surface area contributed by atoms with Crippen molar-refractivity contribution in [1.29, 1.82) is 0 Å². The standard InChI is InChI=1S/C14H18O3/c1-13(12-8-4-2-5-9-12)15-14(17-16-13)10-6-3-7-11-14/h2,4-5,8-9H,3,6-7,10-11H2,1H3. The van der Waals surface area contributed by atoms with Crippen LogP contribution in [-0.4, -0.2) is 5.79 Å². The summed E-state index contributed by atoms with van der Waals surface area (Å²) < 4.78 is 6.12. The van der Waals surface area contributed by atoms with E-state index in [2.05, 4.69) is 0 Å². The molecule has 1 aromatic carbocycles. The molecule has 1 aliphatic heterocycles. The maximum atomic E-state index is 6.12. The van der Waals surface area contributed by atoms with E-state index in [-0.39, 0.29) is 0 Å². The van der Waals surface area contributed by atoms with Gasteiger partial charge in [-0.15, -0.1) is 0 Å². The number of ether oxygens (including phenoxy) is 1. The van der Waals surface area contributed by atoms with Crippen LogP contribution in [0.3, 0.4) is 0 Å². The first-order chi connectivity index (χ1) is 8.23. The monoisotopic (exact) mass is 234 g/mol. The minimum Gasteiger partial charge on any atom is -0.308 e. The molecule has 17 heavy (non-hydrogen) atoms. The van der Waals surface area contributed by atoms with Crippen LogP contribution in [0.4, 0.5) is 0 Å². The first-order valence-corrected chi connectivity index (χ1v) is 6.35. The van der Waals surface area contributed by atoms with Gasteiger partial charge in [-0.05, 0) is 19.8 Å². The molecule has 1 atom stereocenters. The summed E-state index contributed by atoms with van der Waals surface area (Å²) in [5.74, 6) is -1.28. The average molecular weight is 234 g/mol. The molecule has 0 amide bonds. The third-order valence-corrected chi connectivity index (χ3v) is 3.65. The first kappa shape index (κ1) is 11.2. The Morgan fingerprint density at radius 2 is 1.65 bits per heavy atom. The summed E-state index contributed by atoms with van der Waals surface area (Å²) in [7, 11) is 0. The van der Waals surface area contributed by atoms with Gasteiger partial charge in [-0.25, -0.2) is 0 Å². The molecule has 1 aromatic rings. The number of rotatable bonds is 1. The highest BCUT2D eigenvalue weighted by atomic mass is 17.3. The summed E-state index contributed by atoms with van der Waals surface area (Å²) in [5.41, 5.74) is 1.00. The van der Waals surface area contributed by atoms with Gasteiger partial charge in [-0.2, -0.15) is 9.78 Å². The normalized spacial score (nSPS) is 31.8. The third-order valence-electron chi connectivity index (χ3n) is 3.65. The van der Waals surface area contributed by atoms with Gasteiger partial charge in [0.25, 0.3) is 0 Å². The number of benzene rings is 1. The Morgan fingerprint density at radius 3 is 2.35 bits per heavy atom. The van der Waals surface area contributed by atoms with Crippen molar-refractivity contribution in [1.82, 2.24) is 0 Å². The molecule has 1 aliphatic carbocycles. The van der Waals surface area contributed by atoms with Gasteiger partial charge in [-0.3, -0.25) is 0 Å². The van der Waals surface area contributed by atoms with Crippen LogP contribution in [0.15, 0.2) is 30.3 Å². The average Bonchev–Trinajstić information content (AvgIpc) is 2.70. The predicted molar refractivity (Wildman–Crippen MR) is 62.9 cm³/mol. The van der Waals surface area contributed by atoms with Crippen LogP contribution in [-0.2, 0) is 20.3 Å². The Morgan fingerprint density at radius 1 is 0.941 bits per heavy atom. The molecule has 0 bridgehead atoms. The molecule has 3 rings (SSSR count). The maximum Gasteiger partial charge on any atom is 0.227 e. The molecule has 0 N–H and O–H groups in total. The Kier molecular flexibility index (Phi) is 2.69. The Bertz CT molecular complexity index is 384. The zero-order valence-electron chi connectivity index (χ0n) is 10.1. The summed E-state index contributed by atoms with van der Waals surface area (Å²) in [6, 6.07) is 9.97. The number of hydrogen-bond acceptors (Lipinski definition) is 3. The fourth-order valence-electron chi connectivity index (χ4n) is 2.67. The molecule has 3 heteroatoms. The summed E-state index contributed by atoms with van der Waals surface area (Å²) in [6.45, 7) is 1.92. The SMILES string of the molecule is CC1(c2ccccc2)OOC2(CCCCC2)O1. The molecule has 92 valence electrons. The first-order valence-electron chi connectivity index (χ1n) is 6.35. The lowest BCUT2D eigenvalue weighted by molar-refractivity contribution is -0.354. The Labute approximate surface area is 102 Å². The second-order valence-electron chi connectivity index (χ2n) is 5.05. The van der Waals surface area contributed by atoms with Crippen LogP contribution in [0, 0.1) is 0 Å². The minimum absolute atomic E-state index is 0.511. The molecule has 2 fully saturated rings. The fourth-order valence-corrected chi connectivity index (χ4v) is 2.67. The van der Waals surface area contributed by atoms with Crippen LogP contribution in [0.2, 0.25) is 0 Å². The van der Waals surface area contributed by atoms with Crippen LogP contribution >= 0.6 is 0 Å². The molecular weight excluding hydrogens is 216 g/mol. The van der Waals surface area contributed by atoms with E-state index in [0.29, 0.717) is 0 Å². The smallest absolute Gasteiger partial charge is 0.227 e. The van der Waals surface area contributed by atoms with Crippen molar-refractivity contribution < 1.29 is 14.5 Å². The molecule has 3 nitrogen and oxygen atoms in total. The molecule has 1 spiro atoms. The largest absolute Gasteiger partial charge is 0.308 e.